The fourth-order valence-corrected chi connectivity index (χ4v) is 3.61. The summed E-state index contributed by atoms with van der Waals surface area (Å²) in [6.45, 7) is 0. The van der Waals surface area contributed by atoms with E-state index in [1.807, 2.05) is 42.7 Å². The summed E-state index contributed by atoms with van der Waals surface area (Å²) in [4.78, 5) is 1.01. The van der Waals surface area contributed by atoms with E-state index in [9.17, 15) is 4.39 Å². The molecule has 0 saturated carbocycles. The molecule has 3 aromatic rings. The van der Waals surface area contributed by atoms with E-state index in [-0.39, 0.29) is 5.82 Å². The van der Waals surface area contributed by atoms with Crippen LogP contribution >= 0.6 is 23.4 Å². The lowest BCUT2D eigenvalue weighted by Crippen LogP contribution is -1.90. The summed E-state index contributed by atoms with van der Waals surface area (Å²) in [6, 6.07) is 16.7. The lowest BCUT2D eigenvalue weighted by atomic mass is 10.0. The van der Waals surface area contributed by atoms with Crippen molar-refractivity contribution in [2.24, 2.45) is 0 Å². The minimum Gasteiger partial charge on any atom is -0.206 e. The molecule has 0 aromatic heterocycles. The van der Waals surface area contributed by atoms with Crippen molar-refractivity contribution >= 4 is 34.1 Å². The Morgan fingerprint density at radius 2 is 1.70 bits per heavy atom. The van der Waals surface area contributed by atoms with Gasteiger partial charge in [-0.2, -0.15) is 0 Å². The first kappa shape index (κ1) is 13.5. The van der Waals surface area contributed by atoms with Gasteiger partial charge in [-0.25, -0.2) is 4.39 Å². The first-order valence-electron chi connectivity index (χ1n) is 6.22. The number of hydrogen-bond acceptors (Lipinski definition) is 1. The van der Waals surface area contributed by atoms with Crippen LogP contribution in [0.1, 0.15) is 0 Å². The quantitative estimate of drug-likeness (QED) is 0.521. The summed E-state index contributed by atoms with van der Waals surface area (Å²) >= 11 is 8.01. The Balaban J connectivity index is 2.41. The minimum absolute atomic E-state index is 0.250. The lowest BCUT2D eigenvalue weighted by molar-refractivity contribution is 0.631. The minimum atomic E-state index is -0.250. The molecule has 0 radical (unpaired) electrons. The number of benzene rings is 3. The predicted octanol–water partition coefficient (Wildman–Crippen LogP) is 6.02. The maximum Gasteiger partial charge on any atom is 0.131 e. The molecular formula is C17H12ClFS. The zero-order valence-corrected chi connectivity index (χ0v) is 12.4. The van der Waals surface area contributed by atoms with Crippen molar-refractivity contribution in [3.8, 4) is 11.1 Å². The van der Waals surface area contributed by atoms with E-state index in [4.69, 9.17) is 11.6 Å². The average molecular weight is 303 g/mol. The highest BCUT2D eigenvalue weighted by Gasteiger charge is 2.16. The normalized spacial score (nSPS) is 10.9. The highest BCUT2D eigenvalue weighted by atomic mass is 35.5. The van der Waals surface area contributed by atoms with Crippen molar-refractivity contribution in [2.45, 2.75) is 4.90 Å². The van der Waals surface area contributed by atoms with Crippen LogP contribution in [-0.2, 0) is 0 Å². The van der Waals surface area contributed by atoms with Crippen LogP contribution in [0.5, 0.6) is 0 Å². The summed E-state index contributed by atoms with van der Waals surface area (Å²) in [5.41, 5.74) is 1.32. The molecule has 0 N–H and O–H groups in total. The van der Waals surface area contributed by atoms with Crippen molar-refractivity contribution in [1.82, 2.24) is 0 Å². The van der Waals surface area contributed by atoms with Gasteiger partial charge in [0.05, 0.1) is 5.02 Å². The average Bonchev–Trinajstić information content (AvgIpc) is 2.47. The highest BCUT2D eigenvalue weighted by Crippen LogP contribution is 2.42. The lowest BCUT2D eigenvalue weighted by Gasteiger charge is -2.14. The molecule has 0 aliphatic rings. The van der Waals surface area contributed by atoms with Gasteiger partial charge in [-0.3, -0.25) is 0 Å². The molecule has 0 aliphatic heterocycles. The number of halogens is 2. The van der Waals surface area contributed by atoms with E-state index in [1.54, 1.807) is 23.9 Å². The van der Waals surface area contributed by atoms with Crippen LogP contribution < -0.4 is 0 Å². The molecule has 20 heavy (non-hydrogen) atoms. The summed E-state index contributed by atoms with van der Waals surface area (Å²) in [6.07, 6.45) is 1.99. The van der Waals surface area contributed by atoms with Crippen molar-refractivity contribution < 1.29 is 4.39 Å². The molecule has 3 heteroatoms. The third-order valence-corrected chi connectivity index (χ3v) is 4.43. The van der Waals surface area contributed by atoms with Gasteiger partial charge >= 0.3 is 0 Å². The van der Waals surface area contributed by atoms with Gasteiger partial charge in [0.25, 0.3) is 0 Å². The molecular weight excluding hydrogens is 291 g/mol. The van der Waals surface area contributed by atoms with E-state index >= 15 is 0 Å². The van der Waals surface area contributed by atoms with Crippen LogP contribution in [0.25, 0.3) is 21.9 Å². The molecule has 0 nitrogen and oxygen atoms in total. The van der Waals surface area contributed by atoms with Gasteiger partial charge in [0.1, 0.15) is 5.82 Å². The molecule has 3 aromatic carbocycles. The van der Waals surface area contributed by atoms with Crippen molar-refractivity contribution in [3.05, 3.63) is 65.4 Å². The number of fused-ring (bicyclic) bond motifs is 1. The second kappa shape index (κ2) is 5.47. The molecule has 0 amide bonds. The second-order valence-corrected chi connectivity index (χ2v) is 5.69. The number of thioether (sulfide) groups is 1. The van der Waals surface area contributed by atoms with E-state index in [0.717, 1.165) is 21.2 Å². The fourth-order valence-electron chi connectivity index (χ4n) is 2.41. The number of hydrogen-bond donors (Lipinski definition) is 0. The van der Waals surface area contributed by atoms with Gasteiger partial charge in [-0.05, 0) is 29.2 Å². The van der Waals surface area contributed by atoms with Gasteiger partial charge in [0, 0.05) is 16.0 Å². The third-order valence-electron chi connectivity index (χ3n) is 3.30. The Morgan fingerprint density at radius 3 is 2.45 bits per heavy atom. The Kier molecular flexibility index (Phi) is 3.68. The van der Waals surface area contributed by atoms with Crippen LogP contribution in [0.4, 0.5) is 4.39 Å². The standard InChI is InChI=1S/C17H12ClFS/c1-20-17-12-7-3-2-6-11(12)10-14(18)16(17)13-8-4-5-9-15(13)19/h2-10H,1H3. The van der Waals surface area contributed by atoms with Crippen molar-refractivity contribution in [1.29, 1.82) is 0 Å². The molecule has 0 unspecified atom stereocenters. The van der Waals surface area contributed by atoms with Gasteiger partial charge in [0.2, 0.25) is 0 Å². The zero-order chi connectivity index (χ0) is 14.1. The topological polar surface area (TPSA) is 0 Å². The second-order valence-electron chi connectivity index (χ2n) is 4.47. The molecule has 0 atom stereocenters. The Morgan fingerprint density at radius 1 is 1.00 bits per heavy atom. The Hall–Kier alpha value is -1.51. The maximum absolute atomic E-state index is 14.1. The maximum atomic E-state index is 14.1. The molecule has 100 valence electrons. The first-order chi connectivity index (χ1) is 9.72. The van der Waals surface area contributed by atoms with Gasteiger partial charge < -0.3 is 0 Å². The molecule has 0 bridgehead atoms. The largest absolute Gasteiger partial charge is 0.206 e. The molecule has 0 spiro atoms. The van der Waals surface area contributed by atoms with Gasteiger partial charge in [0.15, 0.2) is 0 Å². The summed E-state index contributed by atoms with van der Waals surface area (Å²) in [5.74, 6) is -0.250. The van der Waals surface area contributed by atoms with E-state index < -0.39 is 0 Å². The third kappa shape index (κ3) is 2.19. The fraction of sp³-hybridized carbons (Fsp3) is 0.0588. The molecule has 0 aliphatic carbocycles. The summed E-state index contributed by atoms with van der Waals surface area (Å²) in [5, 5.41) is 2.75. The van der Waals surface area contributed by atoms with E-state index in [2.05, 4.69) is 0 Å². The molecule has 0 fully saturated rings. The highest BCUT2D eigenvalue weighted by molar-refractivity contribution is 7.99. The molecule has 3 rings (SSSR count). The summed E-state index contributed by atoms with van der Waals surface area (Å²) < 4.78 is 14.1. The first-order valence-corrected chi connectivity index (χ1v) is 7.83. The van der Waals surface area contributed by atoms with Crippen LogP contribution in [0.2, 0.25) is 5.02 Å². The SMILES string of the molecule is CSc1c(-c2ccccc2F)c(Cl)cc2ccccc12. The van der Waals surface area contributed by atoms with Crippen molar-refractivity contribution in [3.63, 3.8) is 0 Å². The monoisotopic (exact) mass is 302 g/mol. The van der Waals surface area contributed by atoms with E-state index in [1.165, 1.54) is 6.07 Å². The Labute approximate surface area is 126 Å². The predicted molar refractivity (Wildman–Crippen MR) is 86.1 cm³/mol. The number of rotatable bonds is 2. The van der Waals surface area contributed by atoms with Crippen LogP contribution in [0, 0.1) is 5.82 Å². The zero-order valence-electron chi connectivity index (χ0n) is 10.9. The molecule has 0 saturated heterocycles. The van der Waals surface area contributed by atoms with Crippen LogP contribution in [-0.4, -0.2) is 6.26 Å². The van der Waals surface area contributed by atoms with E-state index in [0.29, 0.717) is 10.6 Å². The van der Waals surface area contributed by atoms with Gasteiger partial charge in [-0.1, -0.05) is 54.1 Å². The summed E-state index contributed by atoms with van der Waals surface area (Å²) in [7, 11) is 0. The van der Waals surface area contributed by atoms with Crippen molar-refractivity contribution in [2.75, 3.05) is 6.26 Å². The van der Waals surface area contributed by atoms with Crippen LogP contribution in [0.15, 0.2) is 59.5 Å². The molecule has 0 heterocycles. The smallest absolute Gasteiger partial charge is 0.131 e. The van der Waals surface area contributed by atoms with Crippen LogP contribution in [0.3, 0.4) is 0 Å². The van der Waals surface area contributed by atoms with Gasteiger partial charge in [-0.15, -0.1) is 11.8 Å². The Bertz CT molecular complexity index is 783.